The summed E-state index contributed by atoms with van der Waals surface area (Å²) in [5.41, 5.74) is 0. The fourth-order valence-electron chi connectivity index (χ4n) is 1.80. The maximum Gasteiger partial charge on any atom is 0.237 e. The zero-order chi connectivity index (χ0) is 11.1. The van der Waals surface area contributed by atoms with Crippen LogP contribution in [0.15, 0.2) is 0 Å². The Morgan fingerprint density at radius 3 is 3.13 bits per heavy atom. The van der Waals surface area contributed by atoms with Crippen LogP contribution >= 0.6 is 0 Å². The van der Waals surface area contributed by atoms with E-state index < -0.39 is 0 Å². The summed E-state index contributed by atoms with van der Waals surface area (Å²) in [5.74, 6) is 0.551. The average Bonchev–Trinajstić information content (AvgIpc) is 2.41. The standard InChI is InChI=1S/C11H22N2O2/c1-9(5-7-14)8-13-10-4-2-3-6-12-11(10)15/h9-10,13-14H,2-8H2,1H3,(H,12,15). The molecule has 0 radical (unpaired) electrons. The van der Waals surface area contributed by atoms with Gasteiger partial charge >= 0.3 is 0 Å². The second-order valence-electron chi connectivity index (χ2n) is 4.37. The van der Waals surface area contributed by atoms with Crippen molar-refractivity contribution in [2.45, 2.75) is 38.6 Å². The third kappa shape index (κ3) is 4.62. The Labute approximate surface area is 91.4 Å². The molecule has 0 bridgehead atoms. The number of amides is 1. The van der Waals surface area contributed by atoms with Gasteiger partial charge in [-0.05, 0) is 38.1 Å². The first-order chi connectivity index (χ1) is 7.24. The molecule has 0 spiro atoms. The van der Waals surface area contributed by atoms with Crippen LogP contribution in [0, 0.1) is 5.92 Å². The number of carbonyl (C=O) groups is 1. The van der Waals surface area contributed by atoms with Gasteiger partial charge in [0.2, 0.25) is 5.91 Å². The van der Waals surface area contributed by atoms with Gasteiger partial charge in [0.15, 0.2) is 0 Å². The largest absolute Gasteiger partial charge is 0.396 e. The number of aliphatic hydroxyl groups is 1. The van der Waals surface area contributed by atoms with Crippen molar-refractivity contribution in [3.63, 3.8) is 0 Å². The number of nitrogens with one attached hydrogen (secondary N) is 2. The molecule has 1 rings (SSSR count). The molecule has 0 aromatic heterocycles. The molecule has 0 aliphatic carbocycles. The van der Waals surface area contributed by atoms with E-state index in [2.05, 4.69) is 17.6 Å². The van der Waals surface area contributed by atoms with Crippen LogP contribution in [0.2, 0.25) is 0 Å². The Bertz CT molecular complexity index is 197. The van der Waals surface area contributed by atoms with Crippen LogP contribution in [-0.2, 0) is 4.79 Å². The number of rotatable bonds is 5. The molecule has 0 saturated carbocycles. The molecule has 1 amide bonds. The molecule has 3 N–H and O–H groups in total. The lowest BCUT2D eigenvalue weighted by molar-refractivity contribution is -0.122. The van der Waals surface area contributed by atoms with Crippen molar-refractivity contribution >= 4 is 5.91 Å². The van der Waals surface area contributed by atoms with E-state index in [1.54, 1.807) is 0 Å². The van der Waals surface area contributed by atoms with Crippen LogP contribution in [0.4, 0.5) is 0 Å². The van der Waals surface area contributed by atoms with E-state index in [-0.39, 0.29) is 18.6 Å². The molecule has 1 saturated heterocycles. The van der Waals surface area contributed by atoms with E-state index in [1.807, 2.05) is 0 Å². The van der Waals surface area contributed by atoms with Crippen LogP contribution in [0.1, 0.15) is 32.6 Å². The maximum atomic E-state index is 11.6. The molecule has 1 aliphatic heterocycles. The van der Waals surface area contributed by atoms with E-state index in [0.717, 1.165) is 38.8 Å². The van der Waals surface area contributed by atoms with Gasteiger partial charge in [0.1, 0.15) is 0 Å². The minimum atomic E-state index is -0.0337. The van der Waals surface area contributed by atoms with Gasteiger partial charge < -0.3 is 15.7 Å². The molecule has 2 atom stereocenters. The van der Waals surface area contributed by atoms with E-state index in [9.17, 15) is 4.79 Å². The predicted octanol–water partition coefficient (Wildman–Crippen LogP) is 0.263. The molecule has 4 heteroatoms. The summed E-state index contributed by atoms with van der Waals surface area (Å²) in [5, 5.41) is 14.9. The number of aliphatic hydroxyl groups excluding tert-OH is 1. The molecule has 88 valence electrons. The molecule has 15 heavy (non-hydrogen) atoms. The molecule has 1 heterocycles. The SMILES string of the molecule is CC(CCO)CNC1CCCCNC1=O. The molecule has 0 aromatic carbocycles. The normalized spacial score (nSPS) is 24.4. The summed E-state index contributed by atoms with van der Waals surface area (Å²) in [6.07, 6.45) is 3.90. The van der Waals surface area contributed by atoms with E-state index in [1.165, 1.54) is 0 Å². The van der Waals surface area contributed by atoms with Crippen LogP contribution in [0.25, 0.3) is 0 Å². The summed E-state index contributed by atoms with van der Waals surface area (Å²) in [6.45, 7) is 3.92. The molecular formula is C11H22N2O2. The van der Waals surface area contributed by atoms with E-state index in [0.29, 0.717) is 5.92 Å². The topological polar surface area (TPSA) is 61.4 Å². The van der Waals surface area contributed by atoms with Gasteiger partial charge in [0.05, 0.1) is 6.04 Å². The zero-order valence-corrected chi connectivity index (χ0v) is 9.46. The maximum absolute atomic E-state index is 11.6. The van der Waals surface area contributed by atoms with Crippen LogP contribution in [0.3, 0.4) is 0 Å². The average molecular weight is 214 g/mol. The van der Waals surface area contributed by atoms with Gasteiger partial charge in [-0.15, -0.1) is 0 Å². The highest BCUT2D eigenvalue weighted by Crippen LogP contribution is 2.06. The summed E-state index contributed by atoms with van der Waals surface area (Å²) >= 11 is 0. The van der Waals surface area contributed by atoms with Crippen LogP contribution < -0.4 is 10.6 Å². The summed E-state index contributed by atoms with van der Waals surface area (Å²) in [4.78, 5) is 11.6. The first kappa shape index (κ1) is 12.5. The predicted molar refractivity (Wildman–Crippen MR) is 59.5 cm³/mol. The minimum absolute atomic E-state index is 0.0337. The van der Waals surface area contributed by atoms with Crippen molar-refractivity contribution in [3.05, 3.63) is 0 Å². The quantitative estimate of drug-likeness (QED) is 0.615. The molecule has 2 unspecified atom stereocenters. The first-order valence-electron chi connectivity index (χ1n) is 5.86. The lowest BCUT2D eigenvalue weighted by atomic mass is 10.1. The van der Waals surface area contributed by atoms with E-state index >= 15 is 0 Å². The van der Waals surface area contributed by atoms with Gasteiger partial charge in [0, 0.05) is 13.2 Å². The Morgan fingerprint density at radius 1 is 1.60 bits per heavy atom. The summed E-state index contributed by atoms with van der Waals surface area (Å²) in [6, 6.07) is -0.0337. The highest BCUT2D eigenvalue weighted by molar-refractivity contribution is 5.81. The zero-order valence-electron chi connectivity index (χ0n) is 9.46. The second-order valence-corrected chi connectivity index (χ2v) is 4.37. The van der Waals surface area contributed by atoms with Crippen molar-refractivity contribution in [3.8, 4) is 0 Å². The second kappa shape index (κ2) is 6.80. The smallest absolute Gasteiger partial charge is 0.237 e. The van der Waals surface area contributed by atoms with Gasteiger partial charge in [-0.3, -0.25) is 4.79 Å². The molecule has 4 nitrogen and oxygen atoms in total. The van der Waals surface area contributed by atoms with Gasteiger partial charge in [-0.1, -0.05) is 6.92 Å². The summed E-state index contributed by atoms with van der Waals surface area (Å²) < 4.78 is 0. The molecular weight excluding hydrogens is 192 g/mol. The van der Waals surface area contributed by atoms with Crippen LogP contribution in [0.5, 0.6) is 0 Å². The van der Waals surface area contributed by atoms with Crippen molar-refractivity contribution < 1.29 is 9.90 Å². The van der Waals surface area contributed by atoms with Gasteiger partial charge in [0.25, 0.3) is 0 Å². The van der Waals surface area contributed by atoms with Crippen molar-refractivity contribution in [2.24, 2.45) is 5.92 Å². The third-order valence-electron chi connectivity index (χ3n) is 2.87. The van der Waals surface area contributed by atoms with Crippen molar-refractivity contribution in [1.82, 2.24) is 10.6 Å². The molecule has 1 fully saturated rings. The third-order valence-corrected chi connectivity index (χ3v) is 2.87. The molecule has 0 aromatic rings. The number of hydrogen-bond donors (Lipinski definition) is 3. The fraction of sp³-hybridized carbons (Fsp3) is 0.909. The highest BCUT2D eigenvalue weighted by Gasteiger charge is 2.20. The number of carbonyl (C=O) groups excluding carboxylic acids is 1. The van der Waals surface area contributed by atoms with Crippen molar-refractivity contribution in [1.29, 1.82) is 0 Å². The Hall–Kier alpha value is -0.610. The minimum Gasteiger partial charge on any atom is -0.396 e. The Kier molecular flexibility index (Phi) is 5.65. The lowest BCUT2D eigenvalue weighted by Crippen LogP contribution is -2.44. The lowest BCUT2D eigenvalue weighted by Gasteiger charge is -2.18. The Morgan fingerprint density at radius 2 is 2.40 bits per heavy atom. The van der Waals surface area contributed by atoms with Crippen molar-refractivity contribution in [2.75, 3.05) is 19.7 Å². The fourth-order valence-corrected chi connectivity index (χ4v) is 1.80. The van der Waals surface area contributed by atoms with Crippen LogP contribution in [-0.4, -0.2) is 36.8 Å². The number of hydrogen-bond acceptors (Lipinski definition) is 3. The Balaban J connectivity index is 2.26. The monoisotopic (exact) mass is 214 g/mol. The molecule has 1 aliphatic rings. The van der Waals surface area contributed by atoms with E-state index in [4.69, 9.17) is 5.11 Å². The highest BCUT2D eigenvalue weighted by atomic mass is 16.3. The first-order valence-corrected chi connectivity index (χ1v) is 5.86. The summed E-state index contributed by atoms with van der Waals surface area (Å²) in [7, 11) is 0. The van der Waals surface area contributed by atoms with Gasteiger partial charge in [-0.2, -0.15) is 0 Å². The van der Waals surface area contributed by atoms with Gasteiger partial charge in [-0.25, -0.2) is 0 Å².